The van der Waals surface area contributed by atoms with Gasteiger partial charge < -0.3 is 10.4 Å². The van der Waals surface area contributed by atoms with E-state index in [0.717, 1.165) is 0 Å². The van der Waals surface area contributed by atoms with E-state index in [1.807, 2.05) is 0 Å². The summed E-state index contributed by atoms with van der Waals surface area (Å²) in [6.07, 6.45) is 0. The van der Waals surface area contributed by atoms with Crippen LogP contribution < -0.4 is 5.32 Å². The smallest absolute Gasteiger partial charge is 0.255 e. The summed E-state index contributed by atoms with van der Waals surface area (Å²) in [5, 5.41) is 23.7. The molecule has 0 aliphatic rings. The minimum atomic E-state index is -0.515. The molecule has 0 saturated carbocycles. The zero-order valence-electron chi connectivity index (χ0n) is 14.0. The number of carbonyl (C=O) groups excluding carboxylic acids is 2. The molecule has 0 radical (unpaired) electrons. The van der Waals surface area contributed by atoms with E-state index >= 15 is 0 Å². The first-order valence-corrected chi connectivity index (χ1v) is 7.66. The Morgan fingerprint density at radius 2 is 1.77 bits per heavy atom. The van der Waals surface area contributed by atoms with Crippen LogP contribution in [0.4, 0.5) is 11.4 Å². The van der Waals surface area contributed by atoms with Crippen LogP contribution in [-0.2, 0) is 0 Å². The molecule has 26 heavy (non-hydrogen) atoms. The van der Waals surface area contributed by atoms with E-state index in [1.54, 1.807) is 24.3 Å². The minimum absolute atomic E-state index is 0.0364. The minimum Gasteiger partial charge on any atom is -0.507 e. The third kappa shape index (κ3) is 5.15. The van der Waals surface area contributed by atoms with Crippen LogP contribution in [-0.4, -0.2) is 29.9 Å². The van der Waals surface area contributed by atoms with Crippen molar-refractivity contribution in [3.8, 4) is 5.75 Å². The number of azide groups is 1. The highest BCUT2D eigenvalue weighted by atomic mass is 16.3. The molecular formula is C17H16N6O3. The Kier molecular flexibility index (Phi) is 6.41. The van der Waals surface area contributed by atoms with Crippen molar-refractivity contribution >= 4 is 23.1 Å². The van der Waals surface area contributed by atoms with Crippen LogP contribution in [0.2, 0.25) is 0 Å². The van der Waals surface area contributed by atoms with Gasteiger partial charge in [-0.1, -0.05) is 5.11 Å². The Hall–Kier alpha value is -3.71. The van der Waals surface area contributed by atoms with Crippen LogP contribution >= 0.6 is 0 Å². The fourth-order valence-corrected chi connectivity index (χ4v) is 2.01. The van der Waals surface area contributed by atoms with Gasteiger partial charge in [-0.05, 0) is 54.9 Å². The summed E-state index contributed by atoms with van der Waals surface area (Å²) in [6.45, 7) is 1.74. The van der Waals surface area contributed by atoms with E-state index in [0.29, 0.717) is 16.9 Å². The molecule has 2 rings (SSSR count). The molecule has 0 saturated heterocycles. The number of hydrogen-bond donors (Lipinski definition) is 2. The summed E-state index contributed by atoms with van der Waals surface area (Å²) in [7, 11) is 0. The molecule has 0 spiro atoms. The van der Waals surface area contributed by atoms with Crippen LogP contribution in [0.25, 0.3) is 10.4 Å². The van der Waals surface area contributed by atoms with E-state index in [4.69, 9.17) is 5.53 Å². The van der Waals surface area contributed by atoms with Crippen LogP contribution in [0.3, 0.4) is 0 Å². The molecule has 0 fully saturated rings. The Bertz CT molecular complexity index is 886. The molecule has 2 aromatic rings. The van der Waals surface area contributed by atoms with Gasteiger partial charge in [0, 0.05) is 23.6 Å². The Balaban J connectivity index is 2.11. The summed E-state index contributed by atoms with van der Waals surface area (Å²) in [4.78, 5) is 25.9. The molecule has 0 unspecified atom stereocenters. The van der Waals surface area contributed by atoms with Gasteiger partial charge in [0.05, 0.1) is 16.9 Å². The predicted molar refractivity (Wildman–Crippen MR) is 95.1 cm³/mol. The van der Waals surface area contributed by atoms with Crippen molar-refractivity contribution in [3.63, 3.8) is 0 Å². The number of nitrogens with zero attached hydrogens (tertiary/aromatic N) is 5. The number of rotatable bonds is 7. The number of hydrogen-bond acceptors (Lipinski definition) is 6. The van der Waals surface area contributed by atoms with Crippen molar-refractivity contribution in [2.45, 2.75) is 6.92 Å². The van der Waals surface area contributed by atoms with Crippen LogP contribution in [0.15, 0.2) is 57.8 Å². The number of nitrogens with one attached hydrogen (secondary N) is 1. The van der Waals surface area contributed by atoms with Crippen molar-refractivity contribution in [3.05, 3.63) is 64.0 Å². The van der Waals surface area contributed by atoms with Gasteiger partial charge in [0.15, 0.2) is 5.78 Å². The average Bonchev–Trinajstić information content (AvgIpc) is 2.64. The second kappa shape index (κ2) is 8.95. The maximum Gasteiger partial charge on any atom is 0.255 e. The first-order chi connectivity index (χ1) is 12.5. The highest BCUT2D eigenvalue weighted by Gasteiger charge is 2.11. The number of phenolic OH excluding ortho intramolecular Hbond substituents is 1. The van der Waals surface area contributed by atoms with Gasteiger partial charge in [-0.15, -0.1) is 0 Å². The fourth-order valence-electron chi connectivity index (χ4n) is 2.01. The van der Waals surface area contributed by atoms with Gasteiger partial charge in [0.25, 0.3) is 5.91 Å². The number of aromatic hydroxyl groups is 1. The molecule has 0 aromatic heterocycles. The summed E-state index contributed by atoms with van der Waals surface area (Å²) in [6, 6.07) is 10.9. The lowest BCUT2D eigenvalue weighted by atomic mass is 10.1. The maximum atomic E-state index is 12.0. The van der Waals surface area contributed by atoms with Gasteiger partial charge >= 0.3 is 0 Å². The van der Waals surface area contributed by atoms with Crippen LogP contribution in [0.1, 0.15) is 27.6 Å². The van der Waals surface area contributed by atoms with Crippen molar-refractivity contribution in [1.29, 1.82) is 0 Å². The second-order valence-corrected chi connectivity index (χ2v) is 5.21. The van der Waals surface area contributed by atoms with E-state index < -0.39 is 5.91 Å². The number of phenols is 1. The zero-order chi connectivity index (χ0) is 18.9. The largest absolute Gasteiger partial charge is 0.507 e. The Morgan fingerprint density at radius 1 is 1.12 bits per heavy atom. The molecular weight excluding hydrogens is 336 g/mol. The lowest BCUT2D eigenvalue weighted by Gasteiger charge is -2.06. The third-order valence-corrected chi connectivity index (χ3v) is 3.34. The van der Waals surface area contributed by atoms with Gasteiger partial charge in [-0.3, -0.25) is 9.59 Å². The van der Waals surface area contributed by atoms with Crippen molar-refractivity contribution in [2.24, 2.45) is 15.3 Å². The molecule has 1 amide bonds. The lowest BCUT2D eigenvalue weighted by molar-refractivity contribution is 0.0951. The van der Waals surface area contributed by atoms with Crippen molar-refractivity contribution in [1.82, 2.24) is 5.32 Å². The number of Topliss-reactive ketones (excluding diaryl/α,β-unsaturated/α-hetero) is 1. The van der Waals surface area contributed by atoms with E-state index in [2.05, 4.69) is 25.6 Å². The second-order valence-electron chi connectivity index (χ2n) is 5.21. The molecule has 9 nitrogen and oxygen atoms in total. The lowest BCUT2D eigenvalue weighted by Crippen LogP contribution is -2.25. The number of amides is 1. The first-order valence-electron chi connectivity index (χ1n) is 7.66. The number of carbonyl (C=O) groups is 2. The molecule has 0 atom stereocenters. The highest BCUT2D eigenvalue weighted by Crippen LogP contribution is 2.25. The van der Waals surface area contributed by atoms with Gasteiger partial charge in [-0.25, -0.2) is 0 Å². The highest BCUT2D eigenvalue weighted by molar-refractivity contribution is 5.97. The number of azo groups is 1. The number of benzene rings is 2. The molecule has 0 aliphatic heterocycles. The van der Waals surface area contributed by atoms with E-state index in [9.17, 15) is 14.7 Å². The third-order valence-electron chi connectivity index (χ3n) is 3.34. The van der Waals surface area contributed by atoms with Gasteiger partial charge in [-0.2, -0.15) is 10.2 Å². The van der Waals surface area contributed by atoms with Gasteiger partial charge in [0.1, 0.15) is 5.75 Å². The summed E-state index contributed by atoms with van der Waals surface area (Å²) >= 11 is 0. The molecule has 0 heterocycles. The molecule has 132 valence electrons. The average molecular weight is 352 g/mol. The quantitative estimate of drug-likeness (QED) is 0.255. The SMILES string of the molecule is CC(=O)c1ccc(/N=N/c2ccc(O)c(C(=O)NCCN=[N+]=[N-])c2)cc1. The molecule has 0 bridgehead atoms. The number of ketones is 1. The molecule has 9 heteroatoms. The van der Waals surface area contributed by atoms with Crippen LogP contribution in [0.5, 0.6) is 5.75 Å². The Labute approximate surface area is 149 Å². The van der Waals surface area contributed by atoms with E-state index in [1.165, 1.54) is 25.1 Å². The van der Waals surface area contributed by atoms with Gasteiger partial charge in [0.2, 0.25) is 0 Å². The van der Waals surface area contributed by atoms with Crippen molar-refractivity contribution in [2.75, 3.05) is 13.1 Å². The Morgan fingerprint density at radius 3 is 2.42 bits per heavy atom. The molecule has 0 aliphatic carbocycles. The first kappa shape index (κ1) is 18.6. The van der Waals surface area contributed by atoms with Crippen molar-refractivity contribution < 1.29 is 14.7 Å². The zero-order valence-corrected chi connectivity index (χ0v) is 14.0. The van der Waals surface area contributed by atoms with E-state index in [-0.39, 0.29) is 30.2 Å². The summed E-state index contributed by atoms with van der Waals surface area (Å²) < 4.78 is 0. The fraction of sp³-hybridized carbons (Fsp3) is 0.176. The topological polar surface area (TPSA) is 140 Å². The van der Waals surface area contributed by atoms with Crippen LogP contribution in [0, 0.1) is 0 Å². The summed E-state index contributed by atoms with van der Waals surface area (Å²) in [5.74, 6) is -0.752. The maximum absolute atomic E-state index is 12.0. The standard InChI is InChI=1S/C17H16N6O3/c1-11(24)12-2-4-13(5-3-12)21-22-14-6-7-16(25)15(10-14)17(26)19-8-9-20-23-18/h2-7,10,25H,8-9H2,1H3,(H,19,26)/b22-21+. The normalized spacial score (nSPS) is 10.3. The summed E-state index contributed by atoms with van der Waals surface area (Å²) in [5.41, 5.74) is 9.72. The molecule has 2 aromatic carbocycles. The monoisotopic (exact) mass is 352 g/mol. The predicted octanol–water partition coefficient (Wildman–Crippen LogP) is 4.05. The molecule has 2 N–H and O–H groups in total.